The van der Waals surface area contributed by atoms with Gasteiger partial charge in [0.05, 0.1) is 16.3 Å². The molecule has 0 unspecified atom stereocenters. The summed E-state index contributed by atoms with van der Waals surface area (Å²) in [5, 5.41) is 5.60. The highest BCUT2D eigenvalue weighted by Crippen LogP contribution is 2.36. The van der Waals surface area contributed by atoms with Crippen LogP contribution in [-0.2, 0) is 26.0 Å². The van der Waals surface area contributed by atoms with Crippen LogP contribution >= 0.6 is 11.8 Å². The van der Waals surface area contributed by atoms with Crippen molar-refractivity contribution in [2.75, 3.05) is 17.9 Å². The number of benzene rings is 2. The van der Waals surface area contributed by atoms with Crippen molar-refractivity contribution in [2.45, 2.75) is 41.4 Å². The molecule has 2 aromatic rings. The van der Waals surface area contributed by atoms with Crippen molar-refractivity contribution in [3.63, 3.8) is 0 Å². The van der Waals surface area contributed by atoms with Crippen molar-refractivity contribution < 1.29 is 27.5 Å². The van der Waals surface area contributed by atoms with Gasteiger partial charge in [0.15, 0.2) is 21.3 Å². The molecule has 0 fully saturated rings. The third-order valence-corrected chi connectivity index (χ3v) is 7.80. The Morgan fingerprint density at radius 2 is 2.00 bits per heavy atom. The minimum Gasteiger partial charge on any atom is -0.454 e. The Hall–Kier alpha value is -2.72. The second-order valence-electron chi connectivity index (χ2n) is 7.37. The summed E-state index contributed by atoms with van der Waals surface area (Å²) in [4.78, 5) is 25.1. The van der Waals surface area contributed by atoms with E-state index in [2.05, 4.69) is 10.6 Å². The highest BCUT2D eigenvalue weighted by molar-refractivity contribution is 8.00. The van der Waals surface area contributed by atoms with E-state index in [1.165, 1.54) is 23.9 Å². The van der Waals surface area contributed by atoms with Crippen LogP contribution in [0.3, 0.4) is 0 Å². The molecule has 8 nitrogen and oxygen atoms in total. The van der Waals surface area contributed by atoms with Gasteiger partial charge in [-0.25, -0.2) is 8.42 Å². The fourth-order valence-electron chi connectivity index (χ4n) is 3.31. The number of hydrogen-bond acceptors (Lipinski definition) is 7. The first-order valence-corrected chi connectivity index (χ1v) is 12.3. The van der Waals surface area contributed by atoms with Crippen LogP contribution in [0.25, 0.3) is 0 Å². The Balaban J connectivity index is 1.35. The maximum atomic E-state index is 12.7. The minimum absolute atomic E-state index is 0.0882. The number of ether oxygens (including phenoxy) is 2. The Morgan fingerprint density at radius 3 is 2.84 bits per heavy atom. The van der Waals surface area contributed by atoms with Crippen molar-refractivity contribution in [1.82, 2.24) is 5.32 Å². The predicted octanol–water partition coefficient (Wildman–Crippen LogP) is 2.72. The molecule has 2 heterocycles. The Bertz CT molecular complexity index is 1130. The SMILES string of the molecule is C[C@H]1CC(=O)Nc2cc(S(=O)(=O)CCC(=O)NCc3ccc4c(c3)OCO4)ccc2S1. The second-order valence-corrected chi connectivity index (χ2v) is 11.0. The lowest BCUT2D eigenvalue weighted by molar-refractivity contribution is -0.121. The molecule has 0 saturated heterocycles. The third-order valence-electron chi connectivity index (χ3n) is 4.91. The van der Waals surface area contributed by atoms with Crippen LogP contribution in [0.5, 0.6) is 11.5 Å². The number of nitrogens with one attached hydrogen (secondary N) is 2. The summed E-state index contributed by atoms with van der Waals surface area (Å²) in [6.07, 6.45) is 0.201. The van der Waals surface area contributed by atoms with Crippen LogP contribution in [0.4, 0.5) is 5.69 Å². The van der Waals surface area contributed by atoms with E-state index in [1.54, 1.807) is 18.2 Å². The normalized spacial score (nSPS) is 17.5. The fourth-order valence-corrected chi connectivity index (χ4v) is 5.62. The largest absolute Gasteiger partial charge is 0.454 e. The van der Waals surface area contributed by atoms with E-state index >= 15 is 0 Å². The van der Waals surface area contributed by atoms with E-state index in [0.29, 0.717) is 23.6 Å². The van der Waals surface area contributed by atoms with Crippen molar-refractivity contribution >= 4 is 39.1 Å². The van der Waals surface area contributed by atoms with Crippen molar-refractivity contribution in [3.8, 4) is 11.5 Å². The van der Waals surface area contributed by atoms with Crippen LogP contribution in [0, 0.1) is 0 Å². The lowest BCUT2D eigenvalue weighted by atomic mass is 10.2. The highest BCUT2D eigenvalue weighted by Gasteiger charge is 2.23. The van der Waals surface area contributed by atoms with Crippen LogP contribution < -0.4 is 20.1 Å². The summed E-state index contributed by atoms with van der Waals surface area (Å²) in [6, 6.07) is 10.1. The molecule has 0 radical (unpaired) electrons. The van der Waals surface area contributed by atoms with Gasteiger partial charge in [-0.05, 0) is 35.9 Å². The molecule has 0 saturated carbocycles. The molecule has 10 heteroatoms. The average Bonchev–Trinajstić information content (AvgIpc) is 3.13. The van der Waals surface area contributed by atoms with E-state index in [4.69, 9.17) is 9.47 Å². The van der Waals surface area contributed by atoms with Crippen molar-refractivity contribution in [3.05, 3.63) is 42.0 Å². The molecule has 2 amide bonds. The number of rotatable bonds is 6. The molecule has 1 atom stereocenters. The molecule has 0 spiro atoms. The molecule has 2 aliphatic heterocycles. The quantitative estimate of drug-likeness (QED) is 0.679. The number of anilines is 1. The molecule has 0 aliphatic carbocycles. The molecule has 2 aromatic carbocycles. The molecule has 2 N–H and O–H groups in total. The smallest absolute Gasteiger partial charge is 0.231 e. The summed E-state index contributed by atoms with van der Waals surface area (Å²) in [7, 11) is -3.68. The monoisotopic (exact) mass is 462 g/mol. The molecular weight excluding hydrogens is 440 g/mol. The summed E-state index contributed by atoms with van der Waals surface area (Å²) in [6.45, 7) is 2.38. The Morgan fingerprint density at radius 1 is 1.19 bits per heavy atom. The van der Waals surface area contributed by atoms with Crippen molar-refractivity contribution in [2.24, 2.45) is 0 Å². The summed E-state index contributed by atoms with van der Waals surface area (Å²) < 4.78 is 36.0. The first-order valence-electron chi connectivity index (χ1n) is 9.79. The zero-order chi connectivity index (χ0) is 22.0. The van der Waals surface area contributed by atoms with Crippen LogP contribution in [0.1, 0.15) is 25.3 Å². The van der Waals surface area contributed by atoms with Crippen LogP contribution in [0.2, 0.25) is 0 Å². The summed E-state index contributed by atoms with van der Waals surface area (Å²) in [5.74, 6) is 0.448. The number of hydrogen-bond donors (Lipinski definition) is 2. The van der Waals surface area contributed by atoms with E-state index < -0.39 is 9.84 Å². The Kier molecular flexibility index (Phi) is 6.10. The molecule has 164 valence electrons. The number of sulfone groups is 1. The van der Waals surface area contributed by atoms with Crippen LogP contribution in [-0.4, -0.2) is 38.0 Å². The zero-order valence-electron chi connectivity index (χ0n) is 16.8. The lowest BCUT2D eigenvalue weighted by Crippen LogP contribution is -2.25. The van der Waals surface area contributed by atoms with Gasteiger partial charge in [0.25, 0.3) is 0 Å². The Labute approximate surface area is 184 Å². The third kappa shape index (κ3) is 5.13. The molecule has 0 bridgehead atoms. The highest BCUT2D eigenvalue weighted by atomic mass is 32.2. The van der Waals surface area contributed by atoms with Gasteiger partial charge in [-0.2, -0.15) is 0 Å². The minimum atomic E-state index is -3.68. The topological polar surface area (TPSA) is 111 Å². The molecule has 0 aromatic heterocycles. The maximum absolute atomic E-state index is 12.7. The molecule has 4 rings (SSSR count). The zero-order valence-corrected chi connectivity index (χ0v) is 18.5. The van der Waals surface area contributed by atoms with Gasteiger partial charge >= 0.3 is 0 Å². The van der Waals surface area contributed by atoms with Crippen LogP contribution in [0.15, 0.2) is 46.2 Å². The number of thioether (sulfide) groups is 1. The van der Waals surface area contributed by atoms with E-state index in [9.17, 15) is 18.0 Å². The first-order chi connectivity index (χ1) is 14.8. The molecule has 2 aliphatic rings. The molecule has 31 heavy (non-hydrogen) atoms. The number of carbonyl (C=O) groups excluding carboxylic acids is 2. The van der Waals surface area contributed by atoms with Crippen molar-refractivity contribution in [1.29, 1.82) is 0 Å². The fraction of sp³-hybridized carbons (Fsp3) is 0.333. The van der Waals surface area contributed by atoms with E-state index in [-0.39, 0.29) is 47.5 Å². The standard InChI is InChI=1S/C21H22N2O6S2/c1-13-8-21(25)23-16-10-15(3-5-19(16)30-13)31(26,27)7-6-20(24)22-11-14-2-4-17-18(9-14)29-12-28-17/h2-5,9-10,13H,6-8,11-12H2,1H3,(H,22,24)(H,23,25)/t13-/m0/s1. The second kappa shape index (κ2) is 8.80. The first kappa shape index (κ1) is 21.5. The van der Waals surface area contributed by atoms with Gasteiger partial charge in [-0.3, -0.25) is 9.59 Å². The van der Waals surface area contributed by atoms with Gasteiger partial charge < -0.3 is 20.1 Å². The van der Waals surface area contributed by atoms with Gasteiger partial charge in [0, 0.05) is 29.5 Å². The number of amides is 2. The summed E-state index contributed by atoms with van der Waals surface area (Å²) >= 11 is 1.53. The summed E-state index contributed by atoms with van der Waals surface area (Å²) in [5.41, 5.74) is 1.32. The molecular formula is C21H22N2O6S2. The van der Waals surface area contributed by atoms with Gasteiger partial charge in [-0.1, -0.05) is 13.0 Å². The van der Waals surface area contributed by atoms with Gasteiger partial charge in [0.2, 0.25) is 18.6 Å². The maximum Gasteiger partial charge on any atom is 0.231 e. The number of carbonyl (C=O) groups is 2. The van der Waals surface area contributed by atoms with Gasteiger partial charge in [-0.15, -0.1) is 11.8 Å². The van der Waals surface area contributed by atoms with E-state index in [1.807, 2.05) is 13.0 Å². The average molecular weight is 463 g/mol. The van der Waals surface area contributed by atoms with Gasteiger partial charge in [0.1, 0.15) is 0 Å². The number of fused-ring (bicyclic) bond motifs is 2. The lowest BCUT2D eigenvalue weighted by Gasteiger charge is -2.11. The predicted molar refractivity (Wildman–Crippen MR) is 116 cm³/mol. The van der Waals surface area contributed by atoms with E-state index in [0.717, 1.165) is 10.5 Å².